The number of fused-ring (bicyclic) bond motifs is 2. The molecule has 0 unspecified atom stereocenters. The molecule has 1 amide bonds. The molecule has 0 fully saturated rings. The molecule has 2 aromatic heterocycles. The zero-order valence-corrected chi connectivity index (χ0v) is 22.1. The lowest BCUT2D eigenvalue weighted by Gasteiger charge is -2.30. The van der Waals surface area contributed by atoms with Crippen molar-refractivity contribution in [1.82, 2.24) is 14.5 Å². The Morgan fingerprint density at radius 3 is 2.62 bits per heavy atom. The Bertz CT molecular complexity index is 1700. The van der Waals surface area contributed by atoms with Crippen LogP contribution in [-0.4, -0.2) is 40.6 Å². The summed E-state index contributed by atoms with van der Waals surface area (Å²) in [6, 6.07) is 14.9. The average molecular weight is 513 g/mol. The number of benzene rings is 2. The van der Waals surface area contributed by atoms with Crippen LogP contribution in [0.15, 0.2) is 82.0 Å². The van der Waals surface area contributed by atoms with Crippen molar-refractivity contribution in [2.75, 3.05) is 20.2 Å². The number of allylic oxidation sites excluding steroid dienone is 1. The number of hydrogen-bond donors (Lipinski definition) is 0. The first-order valence-corrected chi connectivity index (χ1v) is 13.1. The maximum Gasteiger partial charge on any atom is 0.271 e. The van der Waals surface area contributed by atoms with Gasteiger partial charge in [0.25, 0.3) is 11.5 Å². The Kier molecular flexibility index (Phi) is 6.76. The minimum atomic E-state index is -0.693. The monoisotopic (exact) mass is 512 g/mol. The largest absolute Gasteiger partial charge is 0.496 e. The standard InChI is InChI=1S/C29H28N4O3S/c1-5-32(6-2)28(35)24-18(3)31-29-33(27(34)23(37-29)16-19-10-9-15-30-17-19)26(24)25-21-12-8-7-11-20(21)13-14-22(25)36-4/h7-17,26H,5-6H2,1-4H3/b23-16+/t26-/m1/s1. The molecule has 5 rings (SSSR count). The van der Waals surface area contributed by atoms with Gasteiger partial charge in [-0.05, 0) is 55.3 Å². The summed E-state index contributed by atoms with van der Waals surface area (Å²) in [5.74, 6) is 0.484. The fourth-order valence-corrected chi connectivity index (χ4v) is 5.94. The zero-order chi connectivity index (χ0) is 26.1. The van der Waals surface area contributed by atoms with Crippen molar-refractivity contribution in [2.24, 2.45) is 4.99 Å². The van der Waals surface area contributed by atoms with Crippen LogP contribution < -0.4 is 19.6 Å². The number of rotatable bonds is 6. The highest BCUT2D eigenvalue weighted by Crippen LogP contribution is 2.40. The predicted molar refractivity (Wildman–Crippen MR) is 146 cm³/mol. The second-order valence-corrected chi connectivity index (χ2v) is 9.76. The summed E-state index contributed by atoms with van der Waals surface area (Å²) in [5.41, 5.74) is 2.48. The minimum Gasteiger partial charge on any atom is -0.496 e. The molecule has 3 heterocycles. The van der Waals surface area contributed by atoms with Crippen LogP contribution >= 0.6 is 11.3 Å². The van der Waals surface area contributed by atoms with Gasteiger partial charge in [-0.3, -0.25) is 19.1 Å². The number of pyridine rings is 1. The number of ether oxygens (including phenoxy) is 1. The van der Waals surface area contributed by atoms with E-state index in [1.54, 1.807) is 29.0 Å². The molecule has 1 aliphatic rings. The van der Waals surface area contributed by atoms with E-state index in [1.165, 1.54) is 11.3 Å². The van der Waals surface area contributed by atoms with E-state index in [0.29, 0.717) is 39.4 Å². The molecule has 0 spiro atoms. The molecule has 188 valence electrons. The van der Waals surface area contributed by atoms with E-state index >= 15 is 0 Å². The van der Waals surface area contributed by atoms with Crippen molar-refractivity contribution < 1.29 is 9.53 Å². The predicted octanol–water partition coefficient (Wildman–Crippen LogP) is 3.66. The third kappa shape index (κ3) is 4.27. The summed E-state index contributed by atoms with van der Waals surface area (Å²) in [5, 5.41) is 1.92. The van der Waals surface area contributed by atoms with Gasteiger partial charge >= 0.3 is 0 Å². The van der Waals surface area contributed by atoms with Crippen molar-refractivity contribution in [3.8, 4) is 5.75 Å². The number of carbonyl (C=O) groups is 1. The van der Waals surface area contributed by atoms with E-state index in [0.717, 1.165) is 21.9 Å². The first kappa shape index (κ1) is 24.6. The van der Waals surface area contributed by atoms with Gasteiger partial charge in [-0.15, -0.1) is 0 Å². The Morgan fingerprint density at radius 2 is 1.92 bits per heavy atom. The topological polar surface area (TPSA) is 76.8 Å². The first-order valence-electron chi connectivity index (χ1n) is 12.3. The van der Waals surface area contributed by atoms with E-state index < -0.39 is 6.04 Å². The molecule has 0 saturated heterocycles. The third-order valence-electron chi connectivity index (χ3n) is 6.71. The molecule has 0 N–H and O–H groups in total. The van der Waals surface area contributed by atoms with Crippen LogP contribution in [0.3, 0.4) is 0 Å². The number of hydrogen-bond acceptors (Lipinski definition) is 6. The highest BCUT2D eigenvalue weighted by Gasteiger charge is 2.36. The number of amides is 1. The van der Waals surface area contributed by atoms with Gasteiger partial charge in [0.05, 0.1) is 22.9 Å². The van der Waals surface area contributed by atoms with Crippen LogP contribution in [-0.2, 0) is 4.79 Å². The van der Waals surface area contributed by atoms with Crippen LogP contribution in [0.4, 0.5) is 0 Å². The summed E-state index contributed by atoms with van der Waals surface area (Å²) in [4.78, 5) is 39.2. The molecule has 2 aromatic carbocycles. The molecule has 0 radical (unpaired) electrons. The van der Waals surface area contributed by atoms with Crippen molar-refractivity contribution >= 4 is 34.1 Å². The third-order valence-corrected chi connectivity index (χ3v) is 7.69. The van der Waals surface area contributed by atoms with Crippen molar-refractivity contribution in [3.05, 3.63) is 103 Å². The van der Waals surface area contributed by atoms with Crippen LogP contribution in [0.5, 0.6) is 5.75 Å². The molecule has 8 heteroatoms. The molecule has 1 atom stereocenters. The van der Waals surface area contributed by atoms with E-state index in [4.69, 9.17) is 9.73 Å². The maximum atomic E-state index is 14.0. The second kappa shape index (κ2) is 10.1. The molecule has 0 aliphatic carbocycles. The lowest BCUT2D eigenvalue weighted by atomic mass is 9.90. The Hall–Kier alpha value is -4.04. The summed E-state index contributed by atoms with van der Waals surface area (Å²) in [6.07, 6.45) is 5.23. The van der Waals surface area contributed by atoms with Crippen LogP contribution in [0, 0.1) is 0 Å². The molecule has 1 aliphatic heterocycles. The van der Waals surface area contributed by atoms with Crippen LogP contribution in [0.25, 0.3) is 16.8 Å². The molecular formula is C29H28N4O3S. The molecule has 0 bridgehead atoms. The Labute approximate surface area is 218 Å². The average Bonchev–Trinajstić information content (AvgIpc) is 3.22. The van der Waals surface area contributed by atoms with E-state index in [2.05, 4.69) is 4.98 Å². The number of carbonyl (C=O) groups excluding carboxylic acids is 1. The number of thiazole rings is 1. The fraction of sp³-hybridized carbons (Fsp3) is 0.241. The van der Waals surface area contributed by atoms with Crippen LogP contribution in [0.1, 0.15) is 37.9 Å². The molecule has 7 nitrogen and oxygen atoms in total. The molecule has 4 aromatic rings. The number of nitrogens with zero attached hydrogens (tertiary/aromatic N) is 4. The highest BCUT2D eigenvalue weighted by atomic mass is 32.1. The smallest absolute Gasteiger partial charge is 0.271 e. The first-order chi connectivity index (χ1) is 18.0. The fourth-order valence-electron chi connectivity index (χ4n) is 4.90. The van der Waals surface area contributed by atoms with Crippen molar-refractivity contribution in [2.45, 2.75) is 26.8 Å². The normalized spacial score (nSPS) is 15.5. The number of aromatic nitrogens is 2. The molecule has 0 saturated carbocycles. The molecular weight excluding hydrogens is 484 g/mol. The summed E-state index contributed by atoms with van der Waals surface area (Å²) < 4.78 is 8.02. The van der Waals surface area contributed by atoms with Gasteiger partial charge < -0.3 is 9.64 Å². The van der Waals surface area contributed by atoms with Crippen molar-refractivity contribution in [3.63, 3.8) is 0 Å². The van der Waals surface area contributed by atoms with E-state index in [9.17, 15) is 9.59 Å². The van der Waals surface area contributed by atoms with Gasteiger partial charge in [0, 0.05) is 31.0 Å². The minimum absolute atomic E-state index is 0.132. The zero-order valence-electron chi connectivity index (χ0n) is 21.3. The number of likely N-dealkylation sites (N-methyl/N-ethyl adjacent to an activating group) is 1. The lowest BCUT2D eigenvalue weighted by molar-refractivity contribution is -0.127. The second-order valence-electron chi connectivity index (χ2n) is 8.75. The van der Waals surface area contributed by atoms with Crippen molar-refractivity contribution in [1.29, 1.82) is 0 Å². The SMILES string of the molecule is CCN(CC)C(=O)C1=C(C)N=c2s/c(=C/c3cccnc3)c(=O)n2[C@H]1c1c(OC)ccc2ccccc12. The Morgan fingerprint density at radius 1 is 1.14 bits per heavy atom. The quantitative estimate of drug-likeness (QED) is 0.395. The maximum absolute atomic E-state index is 14.0. The van der Waals surface area contributed by atoms with Gasteiger partial charge in [-0.2, -0.15) is 0 Å². The highest BCUT2D eigenvalue weighted by molar-refractivity contribution is 7.07. The van der Waals surface area contributed by atoms with E-state index in [-0.39, 0.29) is 11.5 Å². The van der Waals surface area contributed by atoms with Gasteiger partial charge in [-0.25, -0.2) is 4.99 Å². The Balaban J connectivity index is 1.87. The van der Waals surface area contributed by atoms with Gasteiger partial charge in [0.1, 0.15) is 11.8 Å². The van der Waals surface area contributed by atoms with E-state index in [1.807, 2.05) is 75.4 Å². The van der Waals surface area contributed by atoms with Gasteiger partial charge in [0.2, 0.25) is 0 Å². The lowest BCUT2D eigenvalue weighted by Crippen LogP contribution is -2.43. The summed E-state index contributed by atoms with van der Waals surface area (Å²) in [6.45, 7) is 6.86. The molecule has 37 heavy (non-hydrogen) atoms. The van der Waals surface area contributed by atoms with Crippen LogP contribution in [0.2, 0.25) is 0 Å². The number of methoxy groups -OCH3 is 1. The van der Waals surface area contributed by atoms with Gasteiger partial charge in [-0.1, -0.05) is 47.7 Å². The summed E-state index contributed by atoms with van der Waals surface area (Å²) >= 11 is 1.31. The van der Waals surface area contributed by atoms with Gasteiger partial charge in [0.15, 0.2) is 4.80 Å². The summed E-state index contributed by atoms with van der Waals surface area (Å²) in [7, 11) is 1.61.